The highest BCUT2D eigenvalue weighted by Crippen LogP contribution is 2.25. The minimum atomic E-state index is 0. The van der Waals surface area contributed by atoms with Gasteiger partial charge in [0.05, 0.1) is 6.10 Å². The third kappa shape index (κ3) is 3.34. The van der Waals surface area contributed by atoms with Crippen LogP contribution in [-0.4, -0.2) is 49.8 Å². The van der Waals surface area contributed by atoms with Crippen LogP contribution in [0.3, 0.4) is 0 Å². The first-order valence-electron chi connectivity index (χ1n) is 6.99. The van der Waals surface area contributed by atoms with Crippen LogP contribution in [0.5, 0.6) is 0 Å². The van der Waals surface area contributed by atoms with Crippen molar-refractivity contribution in [2.45, 2.75) is 44.2 Å². The Kier molecular flexibility index (Phi) is 5.10. The molecule has 3 fully saturated rings. The number of hydrogen-bond donors (Lipinski definition) is 1. The molecule has 3 aliphatic rings. The summed E-state index contributed by atoms with van der Waals surface area (Å²) in [6.07, 6.45) is 7.14. The van der Waals surface area contributed by atoms with Crippen molar-refractivity contribution < 1.29 is 4.74 Å². The van der Waals surface area contributed by atoms with Gasteiger partial charge in [-0.2, -0.15) is 0 Å². The van der Waals surface area contributed by atoms with Gasteiger partial charge in [0.15, 0.2) is 0 Å². The molecule has 4 heteroatoms. The van der Waals surface area contributed by atoms with Crippen LogP contribution in [0.4, 0.5) is 0 Å². The van der Waals surface area contributed by atoms with Gasteiger partial charge < -0.3 is 15.0 Å². The number of likely N-dealkylation sites (tertiary alicyclic amines) is 1. The largest absolute Gasteiger partial charge is 0.378 e. The number of nitrogens with one attached hydrogen (secondary N) is 1. The Hall–Kier alpha value is 0.170. The summed E-state index contributed by atoms with van der Waals surface area (Å²) < 4.78 is 5.69. The lowest BCUT2D eigenvalue weighted by Crippen LogP contribution is -2.45. The van der Waals surface area contributed by atoms with E-state index in [0.717, 1.165) is 18.6 Å². The maximum atomic E-state index is 5.69. The quantitative estimate of drug-likeness (QED) is 0.835. The molecule has 100 valence electrons. The zero-order valence-electron chi connectivity index (χ0n) is 10.6. The van der Waals surface area contributed by atoms with Crippen LogP contribution in [-0.2, 0) is 4.74 Å². The number of ether oxygens (including phenoxy) is 1. The lowest BCUT2D eigenvalue weighted by molar-refractivity contribution is 0.0815. The summed E-state index contributed by atoms with van der Waals surface area (Å²) in [5.41, 5.74) is 0. The van der Waals surface area contributed by atoms with Gasteiger partial charge in [-0.1, -0.05) is 0 Å². The fourth-order valence-electron chi connectivity index (χ4n) is 3.52. The van der Waals surface area contributed by atoms with Gasteiger partial charge >= 0.3 is 0 Å². The first kappa shape index (κ1) is 13.6. The summed E-state index contributed by atoms with van der Waals surface area (Å²) in [7, 11) is 0. The van der Waals surface area contributed by atoms with Crippen LogP contribution in [0, 0.1) is 5.92 Å². The Balaban J connectivity index is 0.00000108. The maximum Gasteiger partial charge on any atom is 0.0588 e. The molecule has 0 bridgehead atoms. The van der Waals surface area contributed by atoms with E-state index in [-0.39, 0.29) is 12.4 Å². The van der Waals surface area contributed by atoms with E-state index in [1.165, 1.54) is 58.3 Å². The second-order valence-electron chi connectivity index (χ2n) is 5.62. The maximum absolute atomic E-state index is 5.69. The third-order valence-electron chi connectivity index (χ3n) is 4.53. The van der Waals surface area contributed by atoms with Gasteiger partial charge in [0, 0.05) is 25.7 Å². The zero-order chi connectivity index (χ0) is 10.8. The number of fused-ring (bicyclic) bond motifs is 1. The van der Waals surface area contributed by atoms with Gasteiger partial charge in [0.25, 0.3) is 0 Å². The van der Waals surface area contributed by atoms with E-state index >= 15 is 0 Å². The van der Waals surface area contributed by atoms with E-state index in [4.69, 9.17) is 4.74 Å². The minimum Gasteiger partial charge on any atom is -0.378 e. The Morgan fingerprint density at radius 1 is 1.24 bits per heavy atom. The standard InChI is InChI=1S/C13H24N2O.ClH/c1-2-12(16-9-1)4-7-15-8-5-13-11(10-15)3-6-14-13;/h11-14H,1-10H2;1H. The molecular formula is C13H25ClN2O. The van der Waals surface area contributed by atoms with Crippen molar-refractivity contribution >= 4 is 12.4 Å². The summed E-state index contributed by atoms with van der Waals surface area (Å²) in [4.78, 5) is 2.66. The Morgan fingerprint density at radius 2 is 2.18 bits per heavy atom. The number of rotatable bonds is 3. The van der Waals surface area contributed by atoms with E-state index in [0.29, 0.717) is 6.10 Å². The highest BCUT2D eigenvalue weighted by Gasteiger charge is 2.32. The van der Waals surface area contributed by atoms with E-state index < -0.39 is 0 Å². The number of nitrogens with zero attached hydrogens (tertiary/aromatic N) is 1. The average Bonchev–Trinajstić information content (AvgIpc) is 2.97. The lowest BCUT2D eigenvalue weighted by atomic mass is 9.93. The predicted molar refractivity (Wildman–Crippen MR) is 71.8 cm³/mol. The summed E-state index contributed by atoms with van der Waals surface area (Å²) in [5.74, 6) is 0.929. The van der Waals surface area contributed by atoms with E-state index in [9.17, 15) is 0 Å². The van der Waals surface area contributed by atoms with Gasteiger partial charge in [-0.15, -0.1) is 12.4 Å². The molecule has 0 radical (unpaired) electrons. The van der Waals surface area contributed by atoms with Crippen molar-refractivity contribution in [1.29, 1.82) is 0 Å². The molecular weight excluding hydrogens is 236 g/mol. The first-order valence-corrected chi connectivity index (χ1v) is 6.99. The van der Waals surface area contributed by atoms with Crippen LogP contribution >= 0.6 is 12.4 Å². The summed E-state index contributed by atoms with van der Waals surface area (Å²) in [6, 6.07) is 0.832. The van der Waals surface area contributed by atoms with Crippen molar-refractivity contribution in [2.75, 3.05) is 32.8 Å². The molecule has 1 N–H and O–H groups in total. The van der Waals surface area contributed by atoms with Crippen molar-refractivity contribution in [3.05, 3.63) is 0 Å². The lowest BCUT2D eigenvalue weighted by Gasteiger charge is -2.35. The van der Waals surface area contributed by atoms with Crippen LogP contribution < -0.4 is 5.32 Å². The van der Waals surface area contributed by atoms with Crippen molar-refractivity contribution in [3.8, 4) is 0 Å². The highest BCUT2D eigenvalue weighted by atomic mass is 35.5. The third-order valence-corrected chi connectivity index (χ3v) is 4.53. The Labute approximate surface area is 111 Å². The summed E-state index contributed by atoms with van der Waals surface area (Å²) >= 11 is 0. The van der Waals surface area contributed by atoms with Crippen molar-refractivity contribution in [1.82, 2.24) is 10.2 Å². The monoisotopic (exact) mass is 260 g/mol. The van der Waals surface area contributed by atoms with E-state index in [1.807, 2.05) is 0 Å². The van der Waals surface area contributed by atoms with Gasteiger partial charge in [-0.3, -0.25) is 0 Å². The summed E-state index contributed by atoms with van der Waals surface area (Å²) in [6.45, 7) is 6.12. The number of halogens is 1. The molecule has 0 aromatic carbocycles. The second kappa shape index (κ2) is 6.37. The molecule has 0 amide bonds. The Morgan fingerprint density at radius 3 is 3.00 bits per heavy atom. The van der Waals surface area contributed by atoms with E-state index in [2.05, 4.69) is 10.2 Å². The van der Waals surface area contributed by atoms with Crippen LogP contribution in [0.15, 0.2) is 0 Å². The molecule has 0 aromatic rings. The van der Waals surface area contributed by atoms with Gasteiger partial charge in [0.2, 0.25) is 0 Å². The topological polar surface area (TPSA) is 24.5 Å². The van der Waals surface area contributed by atoms with Gasteiger partial charge in [-0.05, 0) is 51.1 Å². The SMILES string of the molecule is C1COC(CCN2CCC3NCCC3C2)C1.Cl. The predicted octanol–water partition coefficient (Wildman–Crippen LogP) is 1.66. The molecule has 3 unspecified atom stereocenters. The first-order chi connectivity index (χ1) is 7.92. The normalized spacial score (nSPS) is 37.8. The molecule has 3 atom stereocenters. The second-order valence-corrected chi connectivity index (χ2v) is 5.62. The minimum absolute atomic E-state index is 0. The van der Waals surface area contributed by atoms with Gasteiger partial charge in [-0.25, -0.2) is 0 Å². The van der Waals surface area contributed by atoms with Crippen LogP contribution in [0.1, 0.15) is 32.1 Å². The molecule has 3 saturated heterocycles. The molecule has 3 rings (SSSR count). The van der Waals surface area contributed by atoms with Gasteiger partial charge in [0.1, 0.15) is 0 Å². The summed E-state index contributed by atoms with van der Waals surface area (Å²) in [5, 5.41) is 3.62. The van der Waals surface area contributed by atoms with E-state index in [1.54, 1.807) is 0 Å². The van der Waals surface area contributed by atoms with Crippen LogP contribution in [0.25, 0.3) is 0 Å². The molecule has 3 aliphatic heterocycles. The molecule has 0 spiro atoms. The highest BCUT2D eigenvalue weighted by molar-refractivity contribution is 5.85. The molecule has 3 nitrogen and oxygen atoms in total. The molecule has 0 aliphatic carbocycles. The molecule has 0 saturated carbocycles. The fraction of sp³-hybridized carbons (Fsp3) is 1.00. The molecule has 3 heterocycles. The average molecular weight is 261 g/mol. The Bertz CT molecular complexity index is 233. The van der Waals surface area contributed by atoms with Crippen molar-refractivity contribution in [2.24, 2.45) is 5.92 Å². The number of piperidine rings is 1. The zero-order valence-corrected chi connectivity index (χ0v) is 11.4. The molecule has 17 heavy (non-hydrogen) atoms. The molecule has 0 aromatic heterocycles. The fourth-order valence-corrected chi connectivity index (χ4v) is 3.52. The smallest absolute Gasteiger partial charge is 0.0588 e. The van der Waals surface area contributed by atoms with Crippen molar-refractivity contribution in [3.63, 3.8) is 0 Å². The van der Waals surface area contributed by atoms with Crippen LogP contribution in [0.2, 0.25) is 0 Å². The number of hydrogen-bond acceptors (Lipinski definition) is 3.